The van der Waals surface area contributed by atoms with Crippen LogP contribution >= 0.6 is 0 Å². The molecule has 3 rings (SSSR count). The van der Waals surface area contributed by atoms with E-state index in [2.05, 4.69) is 4.90 Å². The van der Waals surface area contributed by atoms with Crippen molar-refractivity contribution in [3.05, 3.63) is 29.6 Å². The van der Waals surface area contributed by atoms with Crippen molar-refractivity contribution in [3.63, 3.8) is 0 Å². The van der Waals surface area contributed by atoms with Crippen molar-refractivity contribution in [1.82, 2.24) is 4.90 Å². The number of nitrogens with two attached hydrogens (primary N) is 1. The summed E-state index contributed by atoms with van der Waals surface area (Å²) < 4.78 is 13.4. The Kier molecular flexibility index (Phi) is 6.53. The van der Waals surface area contributed by atoms with Gasteiger partial charge in [0, 0.05) is 12.2 Å². The van der Waals surface area contributed by atoms with E-state index < -0.39 is 0 Å². The maximum atomic E-state index is 13.4. The molecule has 2 N–H and O–H groups in total. The smallest absolute Gasteiger partial charge is 0.123 e. The van der Waals surface area contributed by atoms with Crippen molar-refractivity contribution in [2.75, 3.05) is 25.4 Å². The summed E-state index contributed by atoms with van der Waals surface area (Å²) in [4.78, 5) is 2.68. The van der Waals surface area contributed by atoms with Crippen LogP contribution in [-0.2, 0) is 6.42 Å². The van der Waals surface area contributed by atoms with Crippen LogP contribution in [0.2, 0.25) is 0 Å². The number of nitrogen functional groups attached to an aromatic ring is 1. The summed E-state index contributed by atoms with van der Waals surface area (Å²) in [5.41, 5.74) is 7.75. The Morgan fingerprint density at radius 2 is 1.58 bits per heavy atom. The van der Waals surface area contributed by atoms with Crippen molar-refractivity contribution in [1.29, 1.82) is 0 Å². The molecule has 1 aliphatic carbocycles. The third kappa shape index (κ3) is 5.20. The highest BCUT2D eigenvalue weighted by atomic mass is 19.1. The first-order chi connectivity index (χ1) is 11.7. The summed E-state index contributed by atoms with van der Waals surface area (Å²) in [5.74, 6) is 1.41. The van der Waals surface area contributed by atoms with Gasteiger partial charge in [0.1, 0.15) is 5.82 Å². The quantitative estimate of drug-likeness (QED) is 0.784. The molecular weight excluding hydrogens is 299 g/mol. The van der Waals surface area contributed by atoms with E-state index >= 15 is 0 Å². The van der Waals surface area contributed by atoms with Crippen molar-refractivity contribution in [2.45, 2.75) is 64.2 Å². The Hall–Kier alpha value is -1.09. The molecule has 2 aliphatic rings. The average Bonchev–Trinajstić information content (AvgIpc) is 2.55. The minimum absolute atomic E-state index is 0.166. The van der Waals surface area contributed by atoms with Crippen LogP contribution in [0.1, 0.15) is 63.4 Å². The van der Waals surface area contributed by atoms with Crippen LogP contribution in [-0.4, -0.2) is 24.5 Å². The van der Waals surface area contributed by atoms with E-state index in [0.717, 1.165) is 23.6 Å². The van der Waals surface area contributed by atoms with Crippen molar-refractivity contribution < 1.29 is 4.39 Å². The van der Waals surface area contributed by atoms with Crippen LogP contribution in [0.25, 0.3) is 0 Å². The first-order valence-corrected chi connectivity index (χ1v) is 9.97. The molecule has 0 aromatic heterocycles. The van der Waals surface area contributed by atoms with Crippen molar-refractivity contribution in [2.24, 2.45) is 11.8 Å². The van der Waals surface area contributed by atoms with E-state index in [-0.39, 0.29) is 5.82 Å². The van der Waals surface area contributed by atoms with E-state index in [4.69, 9.17) is 5.73 Å². The lowest BCUT2D eigenvalue weighted by Gasteiger charge is -2.35. The molecule has 2 nitrogen and oxygen atoms in total. The van der Waals surface area contributed by atoms with E-state index in [0.29, 0.717) is 5.92 Å². The second-order valence-electron chi connectivity index (χ2n) is 8.00. The SMILES string of the molecule is Nc1ccc(F)cc1CC1CCN(CC2CCCCCCC2)CC1. The van der Waals surface area contributed by atoms with E-state index in [1.807, 2.05) is 0 Å². The predicted molar refractivity (Wildman–Crippen MR) is 99.5 cm³/mol. The topological polar surface area (TPSA) is 29.3 Å². The molecule has 1 saturated carbocycles. The minimum Gasteiger partial charge on any atom is -0.399 e. The summed E-state index contributed by atoms with van der Waals surface area (Å²) >= 11 is 0. The van der Waals surface area contributed by atoms with Gasteiger partial charge in [-0.1, -0.05) is 32.1 Å². The summed E-state index contributed by atoms with van der Waals surface area (Å²) in [6, 6.07) is 4.78. The third-order valence-electron chi connectivity index (χ3n) is 6.06. The molecule has 1 aromatic rings. The number of halogens is 1. The second kappa shape index (κ2) is 8.84. The van der Waals surface area contributed by atoms with Gasteiger partial charge in [0.05, 0.1) is 0 Å². The normalized spacial score (nSPS) is 22.2. The summed E-state index contributed by atoms with van der Waals surface area (Å²) in [5, 5.41) is 0. The van der Waals surface area contributed by atoms with Gasteiger partial charge in [-0.15, -0.1) is 0 Å². The monoisotopic (exact) mass is 332 g/mol. The fraction of sp³-hybridized carbons (Fsp3) is 0.714. The molecule has 0 bridgehead atoms. The molecule has 1 saturated heterocycles. The van der Waals surface area contributed by atoms with Gasteiger partial charge < -0.3 is 10.6 Å². The molecule has 24 heavy (non-hydrogen) atoms. The third-order valence-corrected chi connectivity index (χ3v) is 6.06. The molecule has 0 radical (unpaired) electrons. The summed E-state index contributed by atoms with van der Waals surface area (Å²) in [6.45, 7) is 3.71. The van der Waals surface area contributed by atoms with Crippen LogP contribution in [0.3, 0.4) is 0 Å². The van der Waals surface area contributed by atoms with Crippen LogP contribution < -0.4 is 5.73 Å². The molecule has 1 aliphatic heterocycles. The first kappa shape index (κ1) is 17.7. The number of rotatable bonds is 4. The molecule has 1 heterocycles. The minimum atomic E-state index is -0.166. The van der Waals surface area contributed by atoms with Gasteiger partial charge in [-0.25, -0.2) is 4.39 Å². The van der Waals surface area contributed by atoms with Crippen LogP contribution in [0.4, 0.5) is 10.1 Å². The van der Waals surface area contributed by atoms with Gasteiger partial charge in [0.15, 0.2) is 0 Å². The van der Waals surface area contributed by atoms with E-state index in [9.17, 15) is 4.39 Å². The number of hydrogen-bond donors (Lipinski definition) is 1. The number of likely N-dealkylation sites (tertiary alicyclic amines) is 1. The van der Waals surface area contributed by atoms with Crippen molar-refractivity contribution >= 4 is 5.69 Å². The maximum Gasteiger partial charge on any atom is 0.123 e. The molecule has 2 fully saturated rings. The molecule has 134 valence electrons. The number of benzene rings is 1. The van der Waals surface area contributed by atoms with E-state index in [1.54, 1.807) is 12.1 Å². The van der Waals surface area contributed by atoms with Gasteiger partial charge in [0.25, 0.3) is 0 Å². The number of anilines is 1. The van der Waals surface area contributed by atoms with Gasteiger partial charge in [0.2, 0.25) is 0 Å². The van der Waals surface area contributed by atoms with Gasteiger partial charge in [-0.2, -0.15) is 0 Å². The first-order valence-electron chi connectivity index (χ1n) is 9.97. The largest absolute Gasteiger partial charge is 0.399 e. The fourth-order valence-electron chi connectivity index (χ4n) is 4.52. The number of nitrogens with zero attached hydrogens (tertiary/aromatic N) is 1. The molecule has 3 heteroatoms. The number of hydrogen-bond acceptors (Lipinski definition) is 2. The Bertz CT molecular complexity index is 501. The zero-order valence-electron chi connectivity index (χ0n) is 15.0. The van der Waals surface area contributed by atoms with Crippen LogP contribution in [0, 0.1) is 17.7 Å². The zero-order chi connectivity index (χ0) is 16.8. The van der Waals surface area contributed by atoms with Crippen LogP contribution in [0.5, 0.6) is 0 Å². The summed E-state index contributed by atoms with van der Waals surface area (Å²) in [7, 11) is 0. The van der Waals surface area contributed by atoms with Gasteiger partial charge in [-0.05, 0) is 80.8 Å². The van der Waals surface area contributed by atoms with Gasteiger partial charge in [-0.3, -0.25) is 0 Å². The van der Waals surface area contributed by atoms with Gasteiger partial charge >= 0.3 is 0 Å². The Morgan fingerprint density at radius 1 is 0.917 bits per heavy atom. The Balaban J connectivity index is 1.44. The van der Waals surface area contributed by atoms with Crippen LogP contribution in [0.15, 0.2) is 18.2 Å². The molecular formula is C21H33FN2. The Labute approximate surface area is 146 Å². The maximum absolute atomic E-state index is 13.4. The lowest BCUT2D eigenvalue weighted by molar-refractivity contribution is 0.149. The average molecular weight is 333 g/mol. The molecule has 1 aromatic carbocycles. The standard InChI is InChI=1S/C21H33FN2/c22-20-8-9-21(23)19(15-20)14-17-10-12-24(13-11-17)16-18-6-4-2-1-3-5-7-18/h8-9,15,17-18H,1-7,10-14,16,23H2. The second-order valence-corrected chi connectivity index (χ2v) is 8.00. The molecule has 0 atom stereocenters. The Morgan fingerprint density at radius 3 is 2.29 bits per heavy atom. The predicted octanol–water partition coefficient (Wildman–Crippen LogP) is 5.02. The molecule has 0 amide bonds. The van der Waals surface area contributed by atoms with Crippen molar-refractivity contribution in [3.8, 4) is 0 Å². The highest BCUT2D eigenvalue weighted by Crippen LogP contribution is 2.28. The number of piperidine rings is 1. The fourth-order valence-corrected chi connectivity index (χ4v) is 4.52. The molecule has 0 spiro atoms. The zero-order valence-corrected chi connectivity index (χ0v) is 15.0. The highest BCUT2D eigenvalue weighted by molar-refractivity contribution is 5.46. The lowest BCUT2D eigenvalue weighted by Crippen LogP contribution is -2.37. The lowest BCUT2D eigenvalue weighted by atomic mass is 9.87. The van der Waals surface area contributed by atoms with E-state index in [1.165, 1.54) is 83.5 Å². The highest BCUT2D eigenvalue weighted by Gasteiger charge is 2.22. The molecule has 0 unspecified atom stereocenters. The summed E-state index contributed by atoms with van der Waals surface area (Å²) in [6.07, 6.45) is 13.4.